The normalized spacial score (nSPS) is 23.8. The van der Waals surface area contributed by atoms with Crippen LogP contribution >= 0.6 is 23.7 Å². The van der Waals surface area contributed by atoms with Crippen molar-refractivity contribution < 1.29 is 4.79 Å². The fraction of sp³-hybridized carbons (Fsp3) is 0.714. The van der Waals surface area contributed by atoms with Crippen molar-refractivity contribution in [3.05, 3.63) is 10.6 Å². The van der Waals surface area contributed by atoms with Crippen LogP contribution in [0.25, 0.3) is 0 Å². The third-order valence-corrected chi connectivity index (χ3v) is 5.39. The summed E-state index contributed by atoms with van der Waals surface area (Å²) >= 11 is 1.63. The Balaban J connectivity index is 0.00000147. The highest BCUT2D eigenvalue weighted by atomic mass is 35.5. The van der Waals surface area contributed by atoms with Gasteiger partial charge in [0.2, 0.25) is 5.91 Å². The van der Waals surface area contributed by atoms with Crippen molar-refractivity contribution in [2.75, 3.05) is 5.32 Å². The Morgan fingerprint density at radius 3 is 2.85 bits per heavy atom. The summed E-state index contributed by atoms with van der Waals surface area (Å²) in [6.07, 6.45) is 7.02. The van der Waals surface area contributed by atoms with Crippen molar-refractivity contribution in [1.82, 2.24) is 4.98 Å². The van der Waals surface area contributed by atoms with Crippen LogP contribution in [0.2, 0.25) is 0 Å². The Hall–Kier alpha value is -0.650. The lowest BCUT2D eigenvalue weighted by Gasteiger charge is -2.21. The van der Waals surface area contributed by atoms with Gasteiger partial charge in [0, 0.05) is 4.88 Å². The number of aryl methyl sites for hydroxylation is 1. The number of thiazole rings is 1. The van der Waals surface area contributed by atoms with Gasteiger partial charge in [0.25, 0.3) is 0 Å². The molecular weight excluding hydrogens is 294 g/mol. The van der Waals surface area contributed by atoms with E-state index in [1.54, 1.807) is 11.3 Å². The van der Waals surface area contributed by atoms with Crippen LogP contribution in [0.15, 0.2) is 0 Å². The number of fused-ring (bicyclic) bond motifs is 1. The van der Waals surface area contributed by atoms with E-state index in [1.165, 1.54) is 17.0 Å². The maximum absolute atomic E-state index is 12.2. The second-order valence-corrected chi connectivity index (χ2v) is 7.14. The molecule has 6 heteroatoms. The molecule has 1 amide bonds. The summed E-state index contributed by atoms with van der Waals surface area (Å²) in [5, 5.41) is 3.68. The molecule has 1 atom stereocenters. The molecule has 3 rings (SSSR count). The first-order chi connectivity index (χ1) is 9.07. The maximum Gasteiger partial charge on any atom is 0.246 e. The van der Waals surface area contributed by atoms with Gasteiger partial charge in [-0.2, -0.15) is 0 Å². The Bertz CT molecular complexity index is 497. The SMILES string of the molecule is CC1CCc2nc(NC(=O)C3(N)CCCC3)sc2C1.Cl. The van der Waals surface area contributed by atoms with Gasteiger partial charge in [-0.05, 0) is 38.0 Å². The molecule has 0 spiro atoms. The van der Waals surface area contributed by atoms with Crippen molar-refractivity contribution in [3.63, 3.8) is 0 Å². The highest BCUT2D eigenvalue weighted by molar-refractivity contribution is 7.15. The van der Waals surface area contributed by atoms with Crippen LogP contribution in [0.5, 0.6) is 0 Å². The molecule has 0 saturated heterocycles. The first-order valence-corrected chi connectivity index (χ1v) is 7.97. The molecule has 1 heterocycles. The van der Waals surface area contributed by atoms with E-state index in [-0.39, 0.29) is 18.3 Å². The summed E-state index contributed by atoms with van der Waals surface area (Å²) in [6, 6.07) is 0. The van der Waals surface area contributed by atoms with E-state index in [1.807, 2.05) is 0 Å². The van der Waals surface area contributed by atoms with Gasteiger partial charge < -0.3 is 11.1 Å². The molecule has 1 saturated carbocycles. The summed E-state index contributed by atoms with van der Waals surface area (Å²) < 4.78 is 0. The van der Waals surface area contributed by atoms with Crippen molar-refractivity contribution in [2.45, 2.75) is 57.4 Å². The quantitative estimate of drug-likeness (QED) is 0.881. The number of carbonyl (C=O) groups is 1. The molecule has 4 nitrogen and oxygen atoms in total. The smallest absolute Gasteiger partial charge is 0.246 e. The van der Waals surface area contributed by atoms with E-state index in [2.05, 4.69) is 17.2 Å². The molecule has 1 fully saturated rings. The zero-order valence-corrected chi connectivity index (χ0v) is 13.4. The van der Waals surface area contributed by atoms with E-state index in [0.717, 1.165) is 49.6 Å². The topological polar surface area (TPSA) is 68.0 Å². The standard InChI is InChI=1S/C14H21N3OS.ClH/c1-9-4-5-10-11(8-9)19-13(16-10)17-12(18)14(15)6-2-3-7-14;/h9H,2-8,15H2,1H3,(H,16,17,18);1H. The second-order valence-electron chi connectivity index (χ2n) is 6.05. The van der Waals surface area contributed by atoms with Crippen LogP contribution in [-0.2, 0) is 17.6 Å². The maximum atomic E-state index is 12.2. The van der Waals surface area contributed by atoms with E-state index in [4.69, 9.17) is 5.73 Å². The number of anilines is 1. The monoisotopic (exact) mass is 315 g/mol. The summed E-state index contributed by atoms with van der Waals surface area (Å²) in [4.78, 5) is 18.1. The Labute approximate surface area is 129 Å². The molecule has 0 aliphatic heterocycles. The minimum Gasteiger partial charge on any atom is -0.317 e. The molecule has 0 radical (unpaired) electrons. The van der Waals surface area contributed by atoms with E-state index >= 15 is 0 Å². The lowest BCUT2D eigenvalue weighted by atomic mass is 9.93. The van der Waals surface area contributed by atoms with Crippen LogP contribution in [0, 0.1) is 5.92 Å². The molecule has 1 aromatic heterocycles. The Kier molecular flexibility index (Phi) is 4.72. The van der Waals surface area contributed by atoms with Crippen LogP contribution in [-0.4, -0.2) is 16.4 Å². The highest BCUT2D eigenvalue weighted by Crippen LogP contribution is 2.33. The molecule has 2 aliphatic carbocycles. The Morgan fingerprint density at radius 2 is 2.15 bits per heavy atom. The lowest BCUT2D eigenvalue weighted by Crippen LogP contribution is -2.48. The van der Waals surface area contributed by atoms with E-state index in [9.17, 15) is 4.79 Å². The summed E-state index contributed by atoms with van der Waals surface area (Å²) in [5.74, 6) is 0.677. The van der Waals surface area contributed by atoms with E-state index in [0.29, 0.717) is 0 Å². The number of rotatable bonds is 2. The third-order valence-electron chi connectivity index (χ3n) is 4.35. The predicted octanol–water partition coefficient (Wildman–Crippen LogP) is 2.90. The predicted molar refractivity (Wildman–Crippen MR) is 84.6 cm³/mol. The number of amides is 1. The number of carbonyl (C=O) groups excluding carboxylic acids is 1. The largest absolute Gasteiger partial charge is 0.317 e. The van der Waals surface area contributed by atoms with Gasteiger partial charge in [-0.3, -0.25) is 4.79 Å². The minimum atomic E-state index is -0.667. The number of hydrogen-bond donors (Lipinski definition) is 2. The number of nitrogens with zero attached hydrogens (tertiary/aromatic N) is 1. The molecule has 112 valence electrons. The summed E-state index contributed by atoms with van der Waals surface area (Å²) in [7, 11) is 0. The molecule has 2 aliphatic rings. The van der Waals surface area contributed by atoms with Crippen LogP contribution in [0.3, 0.4) is 0 Å². The van der Waals surface area contributed by atoms with Gasteiger partial charge in [-0.1, -0.05) is 19.8 Å². The van der Waals surface area contributed by atoms with Gasteiger partial charge in [0.05, 0.1) is 11.2 Å². The summed E-state index contributed by atoms with van der Waals surface area (Å²) in [6.45, 7) is 2.27. The number of hydrogen-bond acceptors (Lipinski definition) is 4. The van der Waals surface area contributed by atoms with Gasteiger partial charge in [-0.25, -0.2) is 4.98 Å². The van der Waals surface area contributed by atoms with Gasteiger partial charge >= 0.3 is 0 Å². The molecule has 0 bridgehead atoms. The first-order valence-electron chi connectivity index (χ1n) is 7.16. The molecular formula is C14H22ClN3OS. The molecule has 1 aromatic rings. The van der Waals surface area contributed by atoms with Crippen molar-refractivity contribution in [1.29, 1.82) is 0 Å². The average Bonchev–Trinajstić information content (AvgIpc) is 2.95. The van der Waals surface area contributed by atoms with Gasteiger partial charge in [0.15, 0.2) is 5.13 Å². The van der Waals surface area contributed by atoms with E-state index < -0.39 is 5.54 Å². The zero-order chi connectivity index (χ0) is 13.5. The lowest BCUT2D eigenvalue weighted by molar-refractivity contribution is -0.121. The number of halogens is 1. The van der Waals surface area contributed by atoms with Crippen LogP contribution < -0.4 is 11.1 Å². The fourth-order valence-electron chi connectivity index (χ4n) is 3.05. The number of nitrogens with one attached hydrogen (secondary N) is 1. The Morgan fingerprint density at radius 1 is 1.45 bits per heavy atom. The number of aromatic nitrogens is 1. The molecule has 0 aromatic carbocycles. The van der Waals surface area contributed by atoms with Crippen molar-refractivity contribution in [2.24, 2.45) is 11.7 Å². The highest BCUT2D eigenvalue weighted by Gasteiger charge is 2.37. The zero-order valence-electron chi connectivity index (χ0n) is 11.8. The van der Waals surface area contributed by atoms with Crippen molar-refractivity contribution >= 4 is 34.8 Å². The van der Waals surface area contributed by atoms with Crippen LogP contribution in [0.1, 0.15) is 49.6 Å². The minimum absolute atomic E-state index is 0. The summed E-state index contributed by atoms with van der Waals surface area (Å²) in [5.41, 5.74) is 6.67. The fourth-order valence-corrected chi connectivity index (χ4v) is 4.21. The van der Waals surface area contributed by atoms with Crippen molar-refractivity contribution in [3.8, 4) is 0 Å². The molecule has 20 heavy (non-hydrogen) atoms. The number of nitrogens with two attached hydrogens (primary N) is 1. The van der Waals surface area contributed by atoms with Gasteiger partial charge in [0.1, 0.15) is 0 Å². The second kappa shape index (κ2) is 6.00. The first kappa shape index (κ1) is 15.7. The average molecular weight is 316 g/mol. The molecule has 1 unspecified atom stereocenters. The van der Waals surface area contributed by atoms with Crippen LogP contribution in [0.4, 0.5) is 5.13 Å². The van der Waals surface area contributed by atoms with Gasteiger partial charge in [-0.15, -0.1) is 23.7 Å². The molecule has 3 N–H and O–H groups in total. The third kappa shape index (κ3) is 3.00.